The van der Waals surface area contributed by atoms with E-state index in [9.17, 15) is 22.8 Å². The minimum Gasteiger partial charge on any atom is -0.482 e. The van der Waals surface area contributed by atoms with Gasteiger partial charge >= 0.3 is 5.97 Å². The average Bonchev–Trinajstić information content (AvgIpc) is 3.27. The van der Waals surface area contributed by atoms with Crippen molar-refractivity contribution in [2.45, 2.75) is 11.4 Å². The van der Waals surface area contributed by atoms with Crippen molar-refractivity contribution >= 4 is 72.3 Å². The van der Waals surface area contributed by atoms with E-state index in [2.05, 4.69) is 25.6 Å². The fourth-order valence-electron chi connectivity index (χ4n) is 3.42. The van der Waals surface area contributed by atoms with Crippen molar-refractivity contribution in [3.63, 3.8) is 0 Å². The Hall–Kier alpha value is -4.40. The molecule has 0 fully saturated rings. The van der Waals surface area contributed by atoms with E-state index >= 15 is 0 Å². The van der Waals surface area contributed by atoms with Crippen LogP contribution in [0.5, 0.6) is 5.75 Å². The first-order chi connectivity index (χ1) is 18.0. The highest BCUT2D eigenvalue weighted by molar-refractivity contribution is 8.13. The number of aromatic amines is 1. The quantitative estimate of drug-likeness (QED) is 0.213. The van der Waals surface area contributed by atoms with Gasteiger partial charge in [0.05, 0.1) is 27.4 Å². The number of H-pyrrole nitrogens is 1. The number of carbonyl (C=O) groups excluding carboxylic acids is 2. The number of ether oxygens (including phenoxy) is 1. The summed E-state index contributed by atoms with van der Waals surface area (Å²) in [6.07, 6.45) is 2.87. The molecule has 1 aliphatic rings. The summed E-state index contributed by atoms with van der Waals surface area (Å²) in [6.45, 7) is 0.274. The van der Waals surface area contributed by atoms with Crippen LogP contribution in [0.1, 0.15) is 26.4 Å². The lowest BCUT2D eigenvalue weighted by molar-refractivity contribution is -0.118. The normalized spacial score (nSPS) is 12.1. The number of amides is 2. The molecular weight excluding hydrogens is 575 g/mol. The highest BCUT2D eigenvalue weighted by atomic mass is 35.7. The first-order valence-electron chi connectivity index (χ1n) is 10.7. The van der Waals surface area contributed by atoms with E-state index in [0.717, 1.165) is 11.6 Å². The summed E-state index contributed by atoms with van der Waals surface area (Å²) in [5.74, 6) is -1.15. The van der Waals surface area contributed by atoms with Crippen LogP contribution < -0.4 is 21.1 Å². The van der Waals surface area contributed by atoms with Gasteiger partial charge in [-0.15, -0.1) is 12.4 Å². The number of nitrogens with one attached hydrogen (secondary N) is 3. The number of carboxylic acids is 1. The van der Waals surface area contributed by atoms with Crippen LogP contribution in [0.2, 0.25) is 0 Å². The van der Waals surface area contributed by atoms with Crippen LogP contribution >= 0.6 is 23.1 Å². The van der Waals surface area contributed by atoms with Gasteiger partial charge in [0, 0.05) is 23.4 Å². The maximum atomic E-state index is 12.4. The number of carboxylic acid groups (broad SMARTS) is 1. The molecule has 1 aliphatic heterocycles. The topological polar surface area (TPSA) is 206 Å². The van der Waals surface area contributed by atoms with Gasteiger partial charge in [-0.3, -0.25) is 9.59 Å². The fraction of sp³-hybridized carbons (Fsp3) is 0.0870. The number of carbonyl (C=O) groups is 3. The predicted molar refractivity (Wildman–Crippen MR) is 144 cm³/mol. The lowest BCUT2D eigenvalue weighted by Gasteiger charge is -2.18. The number of nitrogens with zero attached hydrogens (tertiary/aromatic N) is 2. The number of rotatable bonds is 5. The summed E-state index contributed by atoms with van der Waals surface area (Å²) in [7, 11) is 1.16. The van der Waals surface area contributed by atoms with Gasteiger partial charge in [-0.1, -0.05) is 12.1 Å². The molecular formula is C23H20Cl2N6O7S. The van der Waals surface area contributed by atoms with Crippen LogP contribution in [0.15, 0.2) is 59.9 Å². The lowest BCUT2D eigenvalue weighted by Crippen LogP contribution is -2.26. The summed E-state index contributed by atoms with van der Waals surface area (Å²) < 4.78 is 26.9. The van der Waals surface area contributed by atoms with E-state index in [0.29, 0.717) is 28.2 Å². The van der Waals surface area contributed by atoms with Crippen molar-refractivity contribution in [1.82, 2.24) is 20.3 Å². The van der Waals surface area contributed by atoms with Gasteiger partial charge in [0.1, 0.15) is 17.6 Å². The average molecular weight is 595 g/mol. The van der Waals surface area contributed by atoms with E-state index in [4.69, 9.17) is 26.3 Å². The number of benzene rings is 2. The van der Waals surface area contributed by atoms with Crippen molar-refractivity contribution in [2.24, 2.45) is 0 Å². The third kappa shape index (κ3) is 6.93. The number of hydrogen-bond donors (Lipinski definition) is 5. The molecule has 0 bridgehead atoms. The number of anilines is 2. The van der Waals surface area contributed by atoms with E-state index < -0.39 is 15.0 Å². The summed E-state index contributed by atoms with van der Waals surface area (Å²) in [6, 6.07) is 10.2. The number of aromatic nitrogens is 3. The molecule has 3 heterocycles. The first kappa shape index (κ1) is 29.2. The van der Waals surface area contributed by atoms with Crippen LogP contribution in [0.4, 0.5) is 11.4 Å². The number of nitrogens with two attached hydrogens (primary N) is 1. The van der Waals surface area contributed by atoms with Gasteiger partial charge in [-0.05, 0) is 35.9 Å². The molecule has 0 unspecified atom stereocenters. The zero-order chi connectivity index (χ0) is 27.4. The lowest BCUT2D eigenvalue weighted by atomic mass is 10.1. The molecule has 0 aliphatic carbocycles. The third-order valence-electron chi connectivity index (χ3n) is 5.20. The highest BCUT2D eigenvalue weighted by Gasteiger charge is 2.18. The van der Waals surface area contributed by atoms with E-state index in [1.54, 1.807) is 18.3 Å². The standard InChI is InChI=1S/C16H14N6O3.C7H5ClO4S.ClH/c17-9-5-18-14-13(9)20-7-21-15(14)16(24)19-4-8-1-2-11-10(3-8)22-12(23)6-25-11;8-13(11,12)6-3-1-2-5(4-6)7(9)10;/h1-3,5,7,18H,4,6,17H2,(H,19,24)(H,22,23);1-4H,(H,9,10);1H. The van der Waals surface area contributed by atoms with E-state index in [-0.39, 0.29) is 53.5 Å². The molecule has 204 valence electrons. The van der Waals surface area contributed by atoms with Crippen molar-refractivity contribution < 1.29 is 32.6 Å². The van der Waals surface area contributed by atoms with E-state index in [1.165, 1.54) is 24.5 Å². The summed E-state index contributed by atoms with van der Waals surface area (Å²) in [5, 5.41) is 14.1. The molecule has 16 heteroatoms. The summed E-state index contributed by atoms with van der Waals surface area (Å²) >= 11 is 0. The Morgan fingerprint density at radius 3 is 2.67 bits per heavy atom. The first-order valence-corrected chi connectivity index (χ1v) is 13.0. The van der Waals surface area contributed by atoms with Crippen LogP contribution in [-0.4, -0.2) is 52.9 Å². The van der Waals surface area contributed by atoms with Crippen LogP contribution in [0, 0.1) is 0 Å². The molecule has 2 amide bonds. The highest BCUT2D eigenvalue weighted by Crippen LogP contribution is 2.28. The fourth-order valence-corrected chi connectivity index (χ4v) is 4.22. The summed E-state index contributed by atoms with van der Waals surface area (Å²) in [4.78, 5) is 45.0. The smallest absolute Gasteiger partial charge is 0.335 e. The largest absolute Gasteiger partial charge is 0.482 e. The number of halogens is 2. The molecule has 2 aromatic carbocycles. The van der Waals surface area contributed by atoms with Crippen LogP contribution in [0.3, 0.4) is 0 Å². The Labute approximate surface area is 231 Å². The molecule has 39 heavy (non-hydrogen) atoms. The van der Waals surface area contributed by atoms with Crippen LogP contribution in [0.25, 0.3) is 11.0 Å². The second-order valence-corrected chi connectivity index (χ2v) is 10.4. The van der Waals surface area contributed by atoms with Gasteiger partial charge in [0.2, 0.25) is 0 Å². The maximum absolute atomic E-state index is 12.4. The molecule has 13 nitrogen and oxygen atoms in total. The second-order valence-electron chi connectivity index (χ2n) is 7.81. The maximum Gasteiger partial charge on any atom is 0.335 e. The molecule has 0 spiro atoms. The minimum atomic E-state index is -3.85. The third-order valence-corrected chi connectivity index (χ3v) is 6.55. The number of aromatic carboxylic acids is 1. The van der Waals surface area contributed by atoms with Gasteiger partial charge in [-0.2, -0.15) is 0 Å². The van der Waals surface area contributed by atoms with Gasteiger partial charge in [-0.25, -0.2) is 23.2 Å². The van der Waals surface area contributed by atoms with Crippen LogP contribution in [-0.2, 0) is 20.4 Å². The van der Waals surface area contributed by atoms with Crippen molar-refractivity contribution in [3.05, 3.63) is 71.8 Å². The minimum absolute atomic E-state index is 0. The second kappa shape index (κ2) is 12.0. The van der Waals surface area contributed by atoms with Crippen molar-refractivity contribution in [1.29, 1.82) is 0 Å². The molecule has 0 saturated heterocycles. The number of nitrogen functional groups attached to an aromatic ring is 1. The Morgan fingerprint density at radius 2 is 1.95 bits per heavy atom. The van der Waals surface area contributed by atoms with Crippen molar-refractivity contribution in [2.75, 3.05) is 17.7 Å². The van der Waals surface area contributed by atoms with Crippen molar-refractivity contribution in [3.8, 4) is 5.75 Å². The molecule has 4 aromatic rings. The van der Waals surface area contributed by atoms with Gasteiger partial charge in [0.25, 0.3) is 20.9 Å². The zero-order valence-corrected chi connectivity index (χ0v) is 22.1. The SMILES string of the molecule is Cl.Nc1c[nH]c2c(C(=O)NCc3ccc4c(c3)NC(=O)CO4)ncnc12.O=C(O)c1cccc(S(=O)(=O)Cl)c1. The Bertz CT molecular complexity index is 1680. The molecule has 0 atom stereocenters. The Balaban J connectivity index is 0.000000256. The van der Waals surface area contributed by atoms with E-state index in [1.807, 2.05) is 6.07 Å². The number of fused-ring (bicyclic) bond motifs is 2. The monoisotopic (exact) mass is 594 g/mol. The Morgan fingerprint density at radius 1 is 1.18 bits per heavy atom. The predicted octanol–water partition coefficient (Wildman–Crippen LogP) is 2.54. The molecule has 0 saturated carbocycles. The molecule has 6 N–H and O–H groups in total. The van der Waals surface area contributed by atoms with Gasteiger partial charge < -0.3 is 31.2 Å². The Kier molecular flexibility index (Phi) is 8.96. The van der Waals surface area contributed by atoms with Gasteiger partial charge in [0.15, 0.2) is 12.3 Å². The molecule has 0 radical (unpaired) electrons. The number of hydrogen-bond acceptors (Lipinski definition) is 9. The zero-order valence-electron chi connectivity index (χ0n) is 19.7. The molecule has 5 rings (SSSR count). The summed E-state index contributed by atoms with van der Waals surface area (Å²) in [5.41, 5.74) is 8.75. The molecule has 2 aromatic heterocycles.